The van der Waals surface area contributed by atoms with Crippen molar-refractivity contribution in [3.05, 3.63) is 0 Å². The van der Waals surface area contributed by atoms with Gasteiger partial charge in [-0.2, -0.15) is 0 Å². The average Bonchev–Trinajstić information content (AvgIpc) is 2.56. The summed E-state index contributed by atoms with van der Waals surface area (Å²) in [5, 5.41) is 13.0. The van der Waals surface area contributed by atoms with Gasteiger partial charge in [-0.05, 0) is 38.4 Å². The Morgan fingerprint density at radius 1 is 1.21 bits per heavy atom. The molecule has 0 radical (unpaired) electrons. The lowest BCUT2D eigenvalue weighted by molar-refractivity contribution is 0.123. The summed E-state index contributed by atoms with van der Waals surface area (Å²) < 4.78 is 0. The average molecular weight is 200 g/mol. The van der Waals surface area contributed by atoms with Gasteiger partial charge in [0.25, 0.3) is 0 Å². The highest BCUT2D eigenvalue weighted by Crippen LogP contribution is 2.07. The maximum absolute atomic E-state index is 9.72. The van der Waals surface area contributed by atoms with Gasteiger partial charge in [-0.1, -0.05) is 13.8 Å². The Balaban J connectivity index is 2.00. The molecule has 1 saturated heterocycles. The van der Waals surface area contributed by atoms with Gasteiger partial charge in [0.05, 0.1) is 6.10 Å². The summed E-state index contributed by atoms with van der Waals surface area (Å²) in [7, 11) is 0. The molecule has 0 amide bonds. The maximum atomic E-state index is 9.72. The predicted octanol–water partition coefficient (Wildman–Crippen LogP) is 0.689. The molecule has 1 heterocycles. The molecule has 0 spiro atoms. The van der Waals surface area contributed by atoms with Gasteiger partial charge in [0, 0.05) is 13.1 Å². The molecule has 1 unspecified atom stereocenters. The zero-order valence-electron chi connectivity index (χ0n) is 9.50. The van der Waals surface area contributed by atoms with E-state index in [1.165, 1.54) is 25.9 Å². The monoisotopic (exact) mass is 200 g/mol. The van der Waals surface area contributed by atoms with E-state index >= 15 is 0 Å². The molecule has 0 aromatic carbocycles. The Labute approximate surface area is 87.5 Å². The second kappa shape index (κ2) is 6.38. The zero-order chi connectivity index (χ0) is 10.4. The third-order valence-electron chi connectivity index (χ3n) is 2.60. The minimum Gasteiger partial charge on any atom is -0.390 e. The standard InChI is InChI=1S/C11H24N2O/c1-10(2)7-12-8-11(14)9-13-5-3-4-6-13/h10-12,14H,3-9H2,1-2H3. The van der Waals surface area contributed by atoms with Crippen molar-refractivity contribution in [3.63, 3.8) is 0 Å². The van der Waals surface area contributed by atoms with Crippen molar-refractivity contribution in [1.29, 1.82) is 0 Å². The summed E-state index contributed by atoms with van der Waals surface area (Å²) in [5.41, 5.74) is 0. The van der Waals surface area contributed by atoms with Crippen molar-refractivity contribution in [1.82, 2.24) is 10.2 Å². The highest BCUT2D eigenvalue weighted by Gasteiger charge is 2.15. The summed E-state index contributed by atoms with van der Waals surface area (Å²) in [6.45, 7) is 9.26. The first kappa shape index (κ1) is 12.0. The van der Waals surface area contributed by atoms with Crippen molar-refractivity contribution in [3.8, 4) is 0 Å². The number of aliphatic hydroxyl groups excluding tert-OH is 1. The highest BCUT2D eigenvalue weighted by atomic mass is 16.3. The van der Waals surface area contributed by atoms with E-state index in [2.05, 4.69) is 24.1 Å². The van der Waals surface area contributed by atoms with E-state index in [-0.39, 0.29) is 6.10 Å². The molecule has 0 aromatic heterocycles. The number of hydrogen-bond donors (Lipinski definition) is 2. The lowest BCUT2D eigenvalue weighted by atomic mass is 10.2. The van der Waals surface area contributed by atoms with Gasteiger partial charge < -0.3 is 15.3 Å². The molecule has 1 fully saturated rings. The molecular weight excluding hydrogens is 176 g/mol. The second-order valence-corrected chi connectivity index (χ2v) is 4.71. The molecule has 1 aliphatic heterocycles. The molecular formula is C11H24N2O. The molecule has 3 heteroatoms. The number of nitrogens with zero attached hydrogens (tertiary/aromatic N) is 1. The van der Waals surface area contributed by atoms with Crippen LogP contribution in [0, 0.1) is 5.92 Å². The molecule has 1 atom stereocenters. The molecule has 0 aromatic rings. The number of aliphatic hydroxyl groups is 1. The molecule has 0 saturated carbocycles. The molecule has 1 rings (SSSR count). The van der Waals surface area contributed by atoms with Crippen molar-refractivity contribution < 1.29 is 5.11 Å². The van der Waals surface area contributed by atoms with E-state index in [4.69, 9.17) is 0 Å². The molecule has 3 nitrogen and oxygen atoms in total. The van der Waals surface area contributed by atoms with Crippen LogP contribution in [0.3, 0.4) is 0 Å². The van der Waals surface area contributed by atoms with Crippen LogP contribution in [-0.4, -0.2) is 48.8 Å². The van der Waals surface area contributed by atoms with Crippen molar-refractivity contribution >= 4 is 0 Å². The second-order valence-electron chi connectivity index (χ2n) is 4.71. The molecule has 2 N–H and O–H groups in total. The Kier molecular flexibility index (Phi) is 5.45. The molecule has 84 valence electrons. The predicted molar refractivity (Wildman–Crippen MR) is 59.4 cm³/mol. The first-order valence-corrected chi connectivity index (χ1v) is 5.79. The summed E-state index contributed by atoms with van der Waals surface area (Å²) in [6, 6.07) is 0. The van der Waals surface area contributed by atoms with Crippen LogP contribution in [0.2, 0.25) is 0 Å². The summed E-state index contributed by atoms with van der Waals surface area (Å²) in [4.78, 5) is 2.35. The van der Waals surface area contributed by atoms with Crippen molar-refractivity contribution in [2.24, 2.45) is 5.92 Å². The lowest BCUT2D eigenvalue weighted by Gasteiger charge is -2.20. The van der Waals surface area contributed by atoms with Crippen molar-refractivity contribution in [2.75, 3.05) is 32.7 Å². The summed E-state index contributed by atoms with van der Waals surface area (Å²) in [6.07, 6.45) is 2.39. The first-order chi connectivity index (χ1) is 6.68. The summed E-state index contributed by atoms with van der Waals surface area (Å²) in [5.74, 6) is 0.661. The Bertz CT molecular complexity index is 144. The lowest BCUT2D eigenvalue weighted by Crippen LogP contribution is -2.38. The zero-order valence-corrected chi connectivity index (χ0v) is 9.50. The normalized spacial score (nSPS) is 20.6. The molecule has 1 aliphatic rings. The van der Waals surface area contributed by atoms with Gasteiger partial charge in [0.15, 0.2) is 0 Å². The van der Waals surface area contributed by atoms with Crippen LogP contribution in [0.1, 0.15) is 26.7 Å². The van der Waals surface area contributed by atoms with Crippen LogP contribution in [0.25, 0.3) is 0 Å². The van der Waals surface area contributed by atoms with Crippen LogP contribution >= 0.6 is 0 Å². The summed E-state index contributed by atoms with van der Waals surface area (Å²) >= 11 is 0. The highest BCUT2D eigenvalue weighted by molar-refractivity contribution is 4.71. The molecule has 0 bridgehead atoms. The van der Waals surface area contributed by atoms with Crippen molar-refractivity contribution in [2.45, 2.75) is 32.8 Å². The minimum absolute atomic E-state index is 0.202. The van der Waals surface area contributed by atoms with Gasteiger partial charge in [-0.15, -0.1) is 0 Å². The Morgan fingerprint density at radius 2 is 1.86 bits per heavy atom. The fourth-order valence-corrected chi connectivity index (χ4v) is 1.87. The van der Waals surface area contributed by atoms with Gasteiger partial charge in [0.1, 0.15) is 0 Å². The molecule has 0 aliphatic carbocycles. The van der Waals surface area contributed by atoms with E-state index in [0.29, 0.717) is 5.92 Å². The number of nitrogens with one attached hydrogen (secondary N) is 1. The fourth-order valence-electron chi connectivity index (χ4n) is 1.87. The van der Waals surface area contributed by atoms with Crippen LogP contribution in [0.5, 0.6) is 0 Å². The van der Waals surface area contributed by atoms with Crippen LogP contribution < -0.4 is 5.32 Å². The van der Waals surface area contributed by atoms with Gasteiger partial charge >= 0.3 is 0 Å². The van der Waals surface area contributed by atoms with E-state index < -0.39 is 0 Å². The van der Waals surface area contributed by atoms with Gasteiger partial charge in [-0.25, -0.2) is 0 Å². The van der Waals surface area contributed by atoms with E-state index in [1.807, 2.05) is 0 Å². The number of hydrogen-bond acceptors (Lipinski definition) is 3. The van der Waals surface area contributed by atoms with Gasteiger partial charge in [-0.3, -0.25) is 0 Å². The largest absolute Gasteiger partial charge is 0.390 e. The fraction of sp³-hybridized carbons (Fsp3) is 1.00. The number of rotatable bonds is 6. The smallest absolute Gasteiger partial charge is 0.0791 e. The first-order valence-electron chi connectivity index (χ1n) is 5.79. The quantitative estimate of drug-likeness (QED) is 0.662. The Morgan fingerprint density at radius 3 is 2.43 bits per heavy atom. The number of likely N-dealkylation sites (tertiary alicyclic amines) is 1. The third kappa shape index (κ3) is 4.94. The molecule has 14 heavy (non-hydrogen) atoms. The van der Waals surface area contributed by atoms with E-state index in [9.17, 15) is 5.11 Å². The van der Waals surface area contributed by atoms with E-state index in [1.54, 1.807) is 0 Å². The van der Waals surface area contributed by atoms with Crippen LogP contribution in [-0.2, 0) is 0 Å². The minimum atomic E-state index is -0.202. The SMILES string of the molecule is CC(C)CNCC(O)CN1CCCC1. The van der Waals surface area contributed by atoms with Crippen LogP contribution in [0.15, 0.2) is 0 Å². The third-order valence-corrected chi connectivity index (χ3v) is 2.60. The Hall–Kier alpha value is -0.120. The van der Waals surface area contributed by atoms with E-state index in [0.717, 1.165) is 19.6 Å². The maximum Gasteiger partial charge on any atom is 0.0791 e. The topological polar surface area (TPSA) is 35.5 Å². The number of β-amino-alcohol motifs (C(OH)–C–C–N with tert-alkyl or cyclic N) is 1. The van der Waals surface area contributed by atoms with Gasteiger partial charge in [0.2, 0.25) is 0 Å². The van der Waals surface area contributed by atoms with Crippen LogP contribution in [0.4, 0.5) is 0 Å².